The van der Waals surface area contributed by atoms with E-state index in [4.69, 9.17) is 9.72 Å². The molecule has 0 spiro atoms. The molecule has 4 rings (SSSR count). The molecule has 1 atom stereocenters. The average molecular weight is 455 g/mol. The van der Waals surface area contributed by atoms with Crippen molar-refractivity contribution in [2.24, 2.45) is 0 Å². The first-order valence-electron chi connectivity index (χ1n) is 11.3. The molecule has 0 amide bonds. The van der Waals surface area contributed by atoms with Crippen LogP contribution in [-0.2, 0) is 6.54 Å². The highest BCUT2D eigenvalue weighted by atomic mass is 16.6. The van der Waals surface area contributed by atoms with Crippen molar-refractivity contribution in [3.05, 3.63) is 57.8 Å². The number of nitro groups is 1. The van der Waals surface area contributed by atoms with Crippen molar-refractivity contribution in [2.75, 3.05) is 31.6 Å². The van der Waals surface area contributed by atoms with Crippen molar-refractivity contribution in [1.29, 1.82) is 0 Å². The molecule has 0 aliphatic carbocycles. The summed E-state index contributed by atoms with van der Waals surface area (Å²) < 4.78 is 8.03. The highest BCUT2D eigenvalue weighted by Crippen LogP contribution is 2.27. The zero-order valence-corrected chi connectivity index (χ0v) is 19.0. The number of nitrogens with zero attached hydrogens (tertiary/aromatic N) is 5. The number of piperidine rings is 1. The SMILES string of the molecule is CC(C)c1cnn2c(NCc3cccc([N+](=O)[O-])c3)cc(O[C@@H]3CCCN(CCO)C3)nc12. The van der Waals surface area contributed by atoms with E-state index in [1.807, 2.05) is 18.3 Å². The van der Waals surface area contributed by atoms with E-state index in [1.54, 1.807) is 16.6 Å². The number of rotatable bonds is 9. The number of aliphatic hydroxyl groups excluding tert-OH is 1. The van der Waals surface area contributed by atoms with Gasteiger partial charge in [0.05, 0.1) is 17.7 Å². The summed E-state index contributed by atoms with van der Waals surface area (Å²) in [7, 11) is 0. The summed E-state index contributed by atoms with van der Waals surface area (Å²) in [5.74, 6) is 1.46. The van der Waals surface area contributed by atoms with Gasteiger partial charge in [0.25, 0.3) is 5.69 Å². The lowest BCUT2D eigenvalue weighted by Gasteiger charge is -2.32. The number of nitrogens with one attached hydrogen (secondary N) is 1. The summed E-state index contributed by atoms with van der Waals surface area (Å²) in [5, 5.41) is 28.2. The lowest BCUT2D eigenvalue weighted by atomic mass is 10.1. The topological polar surface area (TPSA) is 118 Å². The van der Waals surface area contributed by atoms with Crippen LogP contribution in [0.15, 0.2) is 36.5 Å². The summed E-state index contributed by atoms with van der Waals surface area (Å²) >= 11 is 0. The Labute approximate surface area is 192 Å². The molecule has 1 aliphatic rings. The summed E-state index contributed by atoms with van der Waals surface area (Å²) in [6.45, 7) is 7.07. The van der Waals surface area contributed by atoms with Gasteiger partial charge in [-0.25, -0.2) is 0 Å². The van der Waals surface area contributed by atoms with Crippen LogP contribution in [0.3, 0.4) is 0 Å². The predicted molar refractivity (Wildman–Crippen MR) is 125 cm³/mol. The van der Waals surface area contributed by atoms with Gasteiger partial charge in [-0.3, -0.25) is 15.0 Å². The first kappa shape index (κ1) is 22.9. The fourth-order valence-electron chi connectivity index (χ4n) is 4.15. The Balaban J connectivity index is 1.60. The number of aromatic nitrogens is 3. The second-order valence-electron chi connectivity index (χ2n) is 8.66. The number of fused-ring (bicyclic) bond motifs is 1. The van der Waals surface area contributed by atoms with E-state index in [-0.39, 0.29) is 24.3 Å². The van der Waals surface area contributed by atoms with Crippen molar-refractivity contribution in [2.45, 2.75) is 45.3 Å². The minimum Gasteiger partial charge on any atom is -0.473 e. The molecule has 3 aromatic rings. The third-order valence-electron chi connectivity index (χ3n) is 5.86. The molecule has 0 bridgehead atoms. The number of benzene rings is 1. The van der Waals surface area contributed by atoms with E-state index in [0.717, 1.165) is 42.7 Å². The molecule has 10 nitrogen and oxygen atoms in total. The molecule has 0 saturated carbocycles. The van der Waals surface area contributed by atoms with Crippen LogP contribution in [0.25, 0.3) is 5.65 Å². The molecule has 0 unspecified atom stereocenters. The van der Waals surface area contributed by atoms with Crippen molar-refractivity contribution in [3.8, 4) is 5.88 Å². The Morgan fingerprint density at radius 2 is 2.21 bits per heavy atom. The number of hydrogen-bond acceptors (Lipinski definition) is 8. The monoisotopic (exact) mass is 454 g/mol. The summed E-state index contributed by atoms with van der Waals surface area (Å²) in [6.07, 6.45) is 3.75. The lowest BCUT2D eigenvalue weighted by molar-refractivity contribution is -0.384. The maximum atomic E-state index is 11.1. The first-order valence-corrected chi connectivity index (χ1v) is 11.3. The van der Waals surface area contributed by atoms with Gasteiger partial charge in [-0.1, -0.05) is 26.0 Å². The zero-order chi connectivity index (χ0) is 23.4. The quantitative estimate of drug-likeness (QED) is 0.374. The highest BCUT2D eigenvalue weighted by Gasteiger charge is 2.23. The molecule has 176 valence electrons. The van der Waals surface area contributed by atoms with Crippen LogP contribution >= 0.6 is 0 Å². The van der Waals surface area contributed by atoms with E-state index >= 15 is 0 Å². The number of non-ortho nitro benzene ring substituents is 1. The fraction of sp³-hybridized carbons (Fsp3) is 0.478. The van der Waals surface area contributed by atoms with Crippen molar-refractivity contribution < 1.29 is 14.8 Å². The van der Waals surface area contributed by atoms with Gasteiger partial charge < -0.3 is 15.2 Å². The number of aliphatic hydroxyl groups is 1. The molecule has 1 aromatic carbocycles. The van der Waals surface area contributed by atoms with Gasteiger partial charge in [0.2, 0.25) is 5.88 Å². The predicted octanol–water partition coefficient (Wildman–Crippen LogP) is 3.21. The van der Waals surface area contributed by atoms with Gasteiger partial charge in [-0.15, -0.1) is 0 Å². The van der Waals surface area contributed by atoms with Gasteiger partial charge in [-0.05, 0) is 30.9 Å². The van der Waals surface area contributed by atoms with E-state index in [0.29, 0.717) is 24.8 Å². The number of anilines is 1. The number of nitro benzene ring substituents is 1. The van der Waals surface area contributed by atoms with Crippen LogP contribution in [0.2, 0.25) is 0 Å². The first-order chi connectivity index (χ1) is 15.9. The smallest absolute Gasteiger partial charge is 0.269 e. The van der Waals surface area contributed by atoms with Crippen molar-refractivity contribution >= 4 is 17.2 Å². The average Bonchev–Trinajstić information content (AvgIpc) is 3.22. The molecular formula is C23H30N6O4. The molecule has 10 heteroatoms. The maximum Gasteiger partial charge on any atom is 0.269 e. The second-order valence-corrected chi connectivity index (χ2v) is 8.66. The number of hydrogen-bond donors (Lipinski definition) is 2. The minimum atomic E-state index is -0.396. The molecule has 1 fully saturated rings. The van der Waals surface area contributed by atoms with Gasteiger partial charge >= 0.3 is 0 Å². The van der Waals surface area contributed by atoms with Crippen LogP contribution < -0.4 is 10.1 Å². The molecule has 33 heavy (non-hydrogen) atoms. The van der Waals surface area contributed by atoms with Crippen LogP contribution in [0, 0.1) is 10.1 Å². The number of ether oxygens (including phenoxy) is 1. The third kappa shape index (κ3) is 5.40. The van der Waals surface area contributed by atoms with Crippen LogP contribution in [0.1, 0.15) is 43.7 Å². The molecule has 2 aromatic heterocycles. The molecular weight excluding hydrogens is 424 g/mol. The van der Waals surface area contributed by atoms with E-state index in [1.165, 1.54) is 6.07 Å². The normalized spacial score (nSPS) is 16.9. The molecule has 3 heterocycles. The summed E-state index contributed by atoms with van der Waals surface area (Å²) in [5.41, 5.74) is 2.60. The van der Waals surface area contributed by atoms with Gasteiger partial charge in [-0.2, -0.15) is 14.6 Å². The van der Waals surface area contributed by atoms with E-state index in [2.05, 4.69) is 29.2 Å². The molecule has 1 saturated heterocycles. The van der Waals surface area contributed by atoms with Gasteiger partial charge in [0, 0.05) is 43.4 Å². The number of β-amino-alcohol motifs (C(OH)–C–C–N with tert-alkyl or cyclic N) is 1. The maximum absolute atomic E-state index is 11.1. The summed E-state index contributed by atoms with van der Waals surface area (Å²) in [4.78, 5) is 17.7. The highest BCUT2D eigenvalue weighted by molar-refractivity contribution is 5.57. The standard InChI is InChI=1S/C23H30N6O4/c1-16(2)20-14-25-28-21(24-13-17-5-3-6-18(11-17)29(31)32)12-22(26-23(20)28)33-19-7-4-8-27(15-19)9-10-30/h3,5-6,11-12,14,16,19,24,30H,4,7-10,13,15H2,1-2H3/t19-/m1/s1. The van der Waals surface area contributed by atoms with Crippen molar-refractivity contribution in [3.63, 3.8) is 0 Å². The zero-order valence-electron chi connectivity index (χ0n) is 19.0. The lowest BCUT2D eigenvalue weighted by Crippen LogP contribution is -2.42. The largest absolute Gasteiger partial charge is 0.473 e. The van der Waals surface area contributed by atoms with Crippen LogP contribution in [-0.4, -0.2) is 61.9 Å². The molecule has 0 radical (unpaired) electrons. The minimum absolute atomic E-state index is 0.00436. The van der Waals surface area contributed by atoms with E-state index < -0.39 is 4.92 Å². The Hall–Kier alpha value is -3.24. The summed E-state index contributed by atoms with van der Waals surface area (Å²) in [6, 6.07) is 8.39. The molecule has 2 N–H and O–H groups in total. The third-order valence-corrected chi connectivity index (χ3v) is 5.86. The van der Waals surface area contributed by atoms with Gasteiger partial charge in [0.1, 0.15) is 11.9 Å². The molecule has 1 aliphatic heterocycles. The Morgan fingerprint density at radius 1 is 1.36 bits per heavy atom. The van der Waals surface area contributed by atoms with Crippen LogP contribution in [0.5, 0.6) is 5.88 Å². The fourth-order valence-corrected chi connectivity index (χ4v) is 4.15. The Morgan fingerprint density at radius 3 is 2.97 bits per heavy atom. The van der Waals surface area contributed by atoms with Crippen LogP contribution in [0.4, 0.5) is 11.5 Å². The Kier molecular flexibility index (Phi) is 7.05. The Bertz CT molecular complexity index is 1110. The number of likely N-dealkylation sites (tertiary alicyclic amines) is 1. The van der Waals surface area contributed by atoms with E-state index in [9.17, 15) is 15.2 Å². The second kappa shape index (κ2) is 10.1. The van der Waals surface area contributed by atoms with Crippen molar-refractivity contribution in [1.82, 2.24) is 19.5 Å². The van der Waals surface area contributed by atoms with Gasteiger partial charge in [0.15, 0.2) is 5.65 Å².